The first-order valence-electron chi connectivity index (χ1n) is 12.5. The van der Waals surface area contributed by atoms with Crippen molar-refractivity contribution in [1.82, 2.24) is 14.3 Å². The number of para-hydroxylation sites is 1. The number of aromatic nitrogens is 2. The van der Waals surface area contributed by atoms with Crippen molar-refractivity contribution in [1.29, 1.82) is 0 Å². The fourth-order valence-corrected chi connectivity index (χ4v) is 8.99. The van der Waals surface area contributed by atoms with Gasteiger partial charge in [-0.2, -0.15) is 4.31 Å². The molecule has 1 aromatic heterocycles. The van der Waals surface area contributed by atoms with Gasteiger partial charge in [0.2, 0.25) is 10.0 Å². The number of alkyl halides is 3. The van der Waals surface area contributed by atoms with E-state index < -0.39 is 27.0 Å². The summed E-state index contributed by atoms with van der Waals surface area (Å²) in [7, 11) is -4.24. The highest BCUT2D eigenvalue weighted by atomic mass is 32.2. The maximum absolute atomic E-state index is 13.3. The molecule has 4 fully saturated rings. The van der Waals surface area contributed by atoms with Crippen LogP contribution in [0.3, 0.4) is 0 Å². The van der Waals surface area contributed by atoms with E-state index in [9.17, 15) is 21.6 Å². The average molecular weight is 523 g/mol. The van der Waals surface area contributed by atoms with Crippen LogP contribution in [-0.4, -0.2) is 42.1 Å². The van der Waals surface area contributed by atoms with Crippen LogP contribution < -0.4 is 10.1 Å². The molecule has 5 aliphatic rings. The number of rotatable bonds is 6. The predicted molar refractivity (Wildman–Crippen MR) is 126 cm³/mol. The van der Waals surface area contributed by atoms with E-state index in [1.165, 1.54) is 57.0 Å². The van der Waals surface area contributed by atoms with E-state index in [0.717, 1.165) is 52.1 Å². The number of hydrogen-bond acceptors (Lipinski definition) is 6. The lowest BCUT2D eigenvalue weighted by Crippen LogP contribution is -2.49. The molecular formula is C25H29F3N4O3S. The van der Waals surface area contributed by atoms with E-state index in [4.69, 9.17) is 0 Å². The van der Waals surface area contributed by atoms with Gasteiger partial charge in [0.1, 0.15) is 22.8 Å². The highest BCUT2D eigenvalue weighted by Crippen LogP contribution is 2.60. The second kappa shape index (κ2) is 8.58. The zero-order valence-electron chi connectivity index (χ0n) is 19.8. The molecule has 1 aromatic carbocycles. The van der Waals surface area contributed by atoms with Crippen molar-refractivity contribution in [2.24, 2.45) is 23.2 Å². The van der Waals surface area contributed by atoms with Gasteiger partial charge in [0.15, 0.2) is 0 Å². The quantitative estimate of drug-likeness (QED) is 0.590. The maximum atomic E-state index is 13.3. The smallest absolute Gasteiger partial charge is 0.404 e. The zero-order valence-corrected chi connectivity index (χ0v) is 20.6. The topological polar surface area (TPSA) is 84.4 Å². The third kappa shape index (κ3) is 4.44. The Morgan fingerprint density at radius 1 is 1.06 bits per heavy atom. The average Bonchev–Trinajstić information content (AvgIpc) is 2.81. The molecule has 36 heavy (non-hydrogen) atoms. The Kier molecular flexibility index (Phi) is 5.71. The van der Waals surface area contributed by atoms with Crippen molar-refractivity contribution >= 4 is 15.8 Å². The summed E-state index contributed by atoms with van der Waals surface area (Å²) >= 11 is 0. The molecule has 2 heterocycles. The molecule has 0 radical (unpaired) electrons. The first kappa shape index (κ1) is 24.0. The summed E-state index contributed by atoms with van der Waals surface area (Å²) in [5.41, 5.74) is 1.77. The molecule has 194 valence electrons. The zero-order chi connectivity index (χ0) is 25.1. The minimum Gasteiger partial charge on any atom is -0.404 e. The number of nitrogens with one attached hydrogen (secondary N) is 1. The largest absolute Gasteiger partial charge is 0.573 e. The van der Waals surface area contributed by atoms with Crippen LogP contribution in [-0.2, 0) is 23.0 Å². The lowest BCUT2D eigenvalue weighted by molar-refractivity contribution is -0.275. The Labute approximate surface area is 208 Å². The number of nitrogens with zero attached hydrogens (tertiary/aromatic N) is 3. The molecule has 2 aromatic rings. The van der Waals surface area contributed by atoms with Crippen LogP contribution in [0.25, 0.3) is 0 Å². The van der Waals surface area contributed by atoms with Crippen LogP contribution >= 0.6 is 0 Å². The summed E-state index contributed by atoms with van der Waals surface area (Å²) in [6.45, 7) is 0.950. The third-order valence-corrected chi connectivity index (χ3v) is 10.3. The summed E-state index contributed by atoms with van der Waals surface area (Å²) in [6.07, 6.45) is 4.75. The number of anilines is 1. The molecule has 7 rings (SSSR count). The molecule has 0 saturated heterocycles. The van der Waals surface area contributed by atoms with E-state index in [1.54, 1.807) is 0 Å². The van der Waals surface area contributed by atoms with Crippen molar-refractivity contribution in [3.63, 3.8) is 0 Å². The summed E-state index contributed by atoms with van der Waals surface area (Å²) in [5, 5.41) is 3.59. The Bertz CT molecular complexity index is 1230. The van der Waals surface area contributed by atoms with Gasteiger partial charge in [-0.3, -0.25) is 0 Å². The lowest BCUT2D eigenvalue weighted by Gasteiger charge is -2.57. The van der Waals surface area contributed by atoms with Gasteiger partial charge in [-0.1, -0.05) is 12.1 Å². The maximum Gasteiger partial charge on any atom is 0.573 e. The monoisotopic (exact) mass is 522 g/mol. The van der Waals surface area contributed by atoms with Gasteiger partial charge in [0.25, 0.3) is 0 Å². The van der Waals surface area contributed by atoms with E-state index in [2.05, 4.69) is 20.0 Å². The van der Waals surface area contributed by atoms with Crippen molar-refractivity contribution in [2.75, 3.05) is 18.4 Å². The lowest BCUT2D eigenvalue weighted by atomic mass is 9.49. The van der Waals surface area contributed by atoms with Crippen LogP contribution in [0.1, 0.15) is 49.8 Å². The van der Waals surface area contributed by atoms with Crippen LogP contribution in [0.2, 0.25) is 0 Å². The van der Waals surface area contributed by atoms with E-state index >= 15 is 0 Å². The number of halogens is 3. The van der Waals surface area contributed by atoms with Crippen molar-refractivity contribution in [3.8, 4) is 5.75 Å². The summed E-state index contributed by atoms with van der Waals surface area (Å²) in [5.74, 6) is 2.55. The van der Waals surface area contributed by atoms with Gasteiger partial charge in [0, 0.05) is 18.7 Å². The molecule has 11 heteroatoms. The van der Waals surface area contributed by atoms with Crippen LogP contribution in [0.15, 0.2) is 35.5 Å². The molecule has 7 nitrogen and oxygen atoms in total. The number of fused-ring (bicyclic) bond motifs is 1. The second-order valence-corrected chi connectivity index (χ2v) is 12.9. The fourth-order valence-electron chi connectivity index (χ4n) is 7.48. The molecule has 0 amide bonds. The number of benzene rings is 1. The number of ether oxygens (including phenoxy) is 1. The van der Waals surface area contributed by atoms with Gasteiger partial charge in [-0.15, -0.1) is 13.2 Å². The molecule has 4 saturated carbocycles. The van der Waals surface area contributed by atoms with Gasteiger partial charge in [-0.05, 0) is 80.2 Å². The number of hydrogen-bond donors (Lipinski definition) is 1. The summed E-state index contributed by atoms with van der Waals surface area (Å²) < 4.78 is 70.3. The molecule has 4 aliphatic carbocycles. The van der Waals surface area contributed by atoms with E-state index in [-0.39, 0.29) is 13.1 Å². The minimum absolute atomic E-state index is 0.0351. The molecule has 1 N–H and O–H groups in total. The van der Waals surface area contributed by atoms with E-state index in [0.29, 0.717) is 17.5 Å². The fraction of sp³-hybridized carbons (Fsp3) is 0.600. The van der Waals surface area contributed by atoms with Gasteiger partial charge < -0.3 is 10.1 Å². The van der Waals surface area contributed by atoms with Gasteiger partial charge >= 0.3 is 6.36 Å². The molecule has 0 unspecified atom stereocenters. The Morgan fingerprint density at radius 3 is 2.39 bits per heavy atom. The predicted octanol–water partition coefficient (Wildman–Crippen LogP) is 4.75. The first-order chi connectivity index (χ1) is 17.1. The molecule has 4 bridgehead atoms. The standard InChI is InChI=1S/C25H29F3N4O3S/c26-25(27,28)35-21-3-1-2-4-22(21)36(33,34)32-6-5-19-20(13-32)30-15-31-23(19)29-14-24-10-16-7-17(11-24)9-18(8-16)12-24/h1-4,15-18H,5-14H2,(H,29,30,31). The van der Waals surface area contributed by atoms with E-state index in [1.807, 2.05) is 0 Å². The molecule has 0 atom stereocenters. The van der Waals surface area contributed by atoms with Crippen LogP contribution in [0.4, 0.5) is 19.0 Å². The highest BCUT2D eigenvalue weighted by molar-refractivity contribution is 7.89. The normalized spacial score (nSPS) is 29.7. The number of sulfonamides is 1. The van der Waals surface area contributed by atoms with Crippen molar-refractivity contribution in [3.05, 3.63) is 41.9 Å². The Hall–Kier alpha value is -2.40. The van der Waals surface area contributed by atoms with Crippen LogP contribution in [0.5, 0.6) is 5.75 Å². The summed E-state index contributed by atoms with van der Waals surface area (Å²) in [6, 6.07) is 4.82. The van der Waals surface area contributed by atoms with Gasteiger partial charge in [-0.25, -0.2) is 18.4 Å². The molecule has 1 aliphatic heterocycles. The Balaban J connectivity index is 1.20. The van der Waals surface area contributed by atoms with Crippen LogP contribution in [0, 0.1) is 23.2 Å². The first-order valence-corrected chi connectivity index (χ1v) is 14.0. The van der Waals surface area contributed by atoms with Gasteiger partial charge in [0.05, 0.1) is 12.2 Å². The second-order valence-electron chi connectivity index (χ2n) is 11.0. The Morgan fingerprint density at radius 2 is 1.72 bits per heavy atom. The SMILES string of the molecule is O=S(=O)(c1ccccc1OC(F)(F)F)N1CCc2c(ncnc2NCC23CC4CC(CC(C4)C2)C3)C1. The third-order valence-electron chi connectivity index (χ3n) is 8.46. The van der Waals surface area contributed by atoms with Crippen molar-refractivity contribution in [2.45, 2.75) is 62.7 Å². The summed E-state index contributed by atoms with van der Waals surface area (Å²) in [4.78, 5) is 8.29. The van der Waals surface area contributed by atoms with Crippen molar-refractivity contribution < 1.29 is 26.3 Å². The minimum atomic E-state index is -5.00. The molecule has 0 spiro atoms. The molecular weight excluding hydrogens is 493 g/mol. The highest BCUT2D eigenvalue weighted by Gasteiger charge is 2.50.